The van der Waals surface area contributed by atoms with Gasteiger partial charge in [-0.15, -0.1) is 11.8 Å². The molecule has 0 aromatic carbocycles. The number of pyridine rings is 2. The first kappa shape index (κ1) is 17.8. The lowest BCUT2D eigenvalue weighted by Gasteiger charge is -1.98. The molecule has 0 saturated carbocycles. The standard InChI is InChI=1S/C7H7ClN2S.C6H5ClN2S/c1-11-7(9)5-2-6(8)4-10-3-5;7-5-1-4(6(8)10)2-9-3-5/h2-4,9H,1H3;1-3H,(H2,8,10). The maximum atomic E-state index is 7.44. The number of thiocarbonyl (C=S) groups is 1. The molecule has 0 radical (unpaired) electrons. The normalized spacial score (nSPS) is 9.48. The predicted octanol–water partition coefficient (Wildman–Crippen LogP) is 3.79. The number of aromatic nitrogens is 2. The maximum Gasteiger partial charge on any atom is 0.105 e. The summed E-state index contributed by atoms with van der Waals surface area (Å²) in [6, 6.07) is 3.41. The minimum Gasteiger partial charge on any atom is -0.389 e. The number of hydrogen-bond acceptors (Lipinski definition) is 5. The Morgan fingerprint density at radius 2 is 1.57 bits per heavy atom. The molecule has 0 aliphatic heterocycles. The Balaban J connectivity index is 0.000000211. The van der Waals surface area contributed by atoms with Crippen LogP contribution in [0.15, 0.2) is 36.9 Å². The van der Waals surface area contributed by atoms with E-state index in [2.05, 4.69) is 9.97 Å². The van der Waals surface area contributed by atoms with Crippen LogP contribution in [0.1, 0.15) is 11.1 Å². The fraction of sp³-hybridized carbons (Fsp3) is 0.0769. The van der Waals surface area contributed by atoms with Crippen LogP contribution in [0.3, 0.4) is 0 Å². The number of nitrogens with zero attached hydrogens (tertiary/aromatic N) is 2. The number of nitrogens with one attached hydrogen (secondary N) is 1. The minimum absolute atomic E-state index is 0.315. The van der Waals surface area contributed by atoms with Gasteiger partial charge in [0.2, 0.25) is 0 Å². The van der Waals surface area contributed by atoms with Crippen LogP contribution in [0.2, 0.25) is 10.0 Å². The lowest BCUT2D eigenvalue weighted by molar-refractivity contribution is 1.31. The number of thioether (sulfide) groups is 1. The molecule has 0 saturated heterocycles. The van der Waals surface area contributed by atoms with Crippen molar-refractivity contribution >= 4 is 57.2 Å². The lowest BCUT2D eigenvalue weighted by atomic mass is 10.3. The SMILES string of the molecule is CSC(=N)c1cncc(Cl)c1.NC(=S)c1cncc(Cl)c1. The molecule has 2 rings (SSSR count). The molecule has 2 aromatic heterocycles. The lowest BCUT2D eigenvalue weighted by Crippen LogP contribution is -2.09. The van der Waals surface area contributed by atoms with Crippen molar-refractivity contribution in [1.82, 2.24) is 9.97 Å². The largest absolute Gasteiger partial charge is 0.389 e. The third kappa shape index (κ3) is 6.39. The van der Waals surface area contributed by atoms with Crippen LogP contribution < -0.4 is 5.73 Å². The van der Waals surface area contributed by atoms with Crippen molar-refractivity contribution in [2.45, 2.75) is 0 Å². The molecule has 21 heavy (non-hydrogen) atoms. The van der Waals surface area contributed by atoms with E-state index in [-0.39, 0.29) is 0 Å². The van der Waals surface area contributed by atoms with E-state index in [0.717, 1.165) is 5.56 Å². The quantitative estimate of drug-likeness (QED) is 0.485. The summed E-state index contributed by atoms with van der Waals surface area (Å²) in [5.74, 6) is 0. The molecule has 0 unspecified atom stereocenters. The van der Waals surface area contributed by atoms with E-state index in [4.69, 9.17) is 46.6 Å². The van der Waals surface area contributed by atoms with Gasteiger partial charge in [-0.3, -0.25) is 15.4 Å². The van der Waals surface area contributed by atoms with Gasteiger partial charge in [0.25, 0.3) is 0 Å². The Morgan fingerprint density at radius 1 is 1.10 bits per heavy atom. The van der Waals surface area contributed by atoms with Crippen molar-refractivity contribution < 1.29 is 0 Å². The highest BCUT2D eigenvalue weighted by Gasteiger charge is 1.99. The molecule has 4 nitrogen and oxygen atoms in total. The van der Waals surface area contributed by atoms with Crippen LogP contribution in [0, 0.1) is 5.41 Å². The van der Waals surface area contributed by atoms with Crippen molar-refractivity contribution in [3.05, 3.63) is 58.1 Å². The van der Waals surface area contributed by atoms with E-state index in [1.165, 1.54) is 18.0 Å². The van der Waals surface area contributed by atoms with Gasteiger partial charge < -0.3 is 5.73 Å². The van der Waals surface area contributed by atoms with Gasteiger partial charge in [0.15, 0.2) is 0 Å². The maximum absolute atomic E-state index is 7.44. The van der Waals surface area contributed by atoms with Crippen LogP contribution in [0.5, 0.6) is 0 Å². The Hall–Kier alpha value is -1.21. The van der Waals surface area contributed by atoms with Gasteiger partial charge in [0.1, 0.15) is 4.99 Å². The molecule has 2 heterocycles. The second kappa shape index (κ2) is 8.94. The molecule has 2 aromatic rings. The topological polar surface area (TPSA) is 75.7 Å². The van der Waals surface area contributed by atoms with Crippen LogP contribution in [0.25, 0.3) is 0 Å². The molecular formula is C13H12Cl2N4S2. The summed E-state index contributed by atoms with van der Waals surface area (Å²) in [5, 5.41) is 9.04. The van der Waals surface area contributed by atoms with Gasteiger partial charge in [-0.1, -0.05) is 35.4 Å². The molecule has 3 N–H and O–H groups in total. The summed E-state index contributed by atoms with van der Waals surface area (Å²) in [7, 11) is 0. The first-order valence-electron chi connectivity index (χ1n) is 5.58. The van der Waals surface area contributed by atoms with E-state index in [9.17, 15) is 0 Å². The van der Waals surface area contributed by atoms with Crippen molar-refractivity contribution in [2.24, 2.45) is 5.73 Å². The fourth-order valence-electron chi connectivity index (χ4n) is 1.20. The van der Waals surface area contributed by atoms with Gasteiger partial charge >= 0.3 is 0 Å². The highest BCUT2D eigenvalue weighted by molar-refractivity contribution is 8.13. The van der Waals surface area contributed by atoms with E-state index >= 15 is 0 Å². The Kier molecular flexibility index (Phi) is 7.60. The average molecular weight is 359 g/mol. The summed E-state index contributed by atoms with van der Waals surface area (Å²) in [5.41, 5.74) is 6.78. The van der Waals surface area contributed by atoms with E-state index < -0.39 is 0 Å². The first-order chi connectivity index (χ1) is 9.93. The minimum atomic E-state index is 0.315. The van der Waals surface area contributed by atoms with Crippen molar-refractivity contribution in [3.63, 3.8) is 0 Å². The third-order valence-corrected chi connectivity index (χ3v) is 3.45. The van der Waals surface area contributed by atoms with Crippen LogP contribution in [-0.2, 0) is 0 Å². The zero-order valence-corrected chi connectivity index (χ0v) is 14.2. The molecular weight excluding hydrogens is 347 g/mol. The fourth-order valence-corrected chi connectivity index (χ4v) is 2.01. The summed E-state index contributed by atoms with van der Waals surface area (Å²) in [6.07, 6.45) is 8.14. The molecule has 0 spiro atoms. The third-order valence-electron chi connectivity index (χ3n) is 2.16. The first-order valence-corrected chi connectivity index (χ1v) is 7.96. The highest BCUT2D eigenvalue weighted by atomic mass is 35.5. The van der Waals surface area contributed by atoms with Gasteiger partial charge in [0.05, 0.1) is 15.1 Å². The smallest absolute Gasteiger partial charge is 0.105 e. The van der Waals surface area contributed by atoms with Crippen molar-refractivity contribution in [2.75, 3.05) is 6.26 Å². The summed E-state index contributed by atoms with van der Waals surface area (Å²) >= 11 is 17.4. The van der Waals surface area contributed by atoms with Crippen molar-refractivity contribution in [1.29, 1.82) is 5.41 Å². The molecule has 0 amide bonds. The predicted molar refractivity (Wildman–Crippen MR) is 94.7 cm³/mol. The van der Waals surface area contributed by atoms with Crippen LogP contribution >= 0.6 is 47.2 Å². The molecule has 0 bridgehead atoms. The van der Waals surface area contributed by atoms with Crippen LogP contribution in [0.4, 0.5) is 0 Å². The molecule has 0 fully saturated rings. The van der Waals surface area contributed by atoms with E-state index in [0.29, 0.717) is 25.6 Å². The summed E-state index contributed by atoms with van der Waals surface area (Å²) in [6.45, 7) is 0. The Bertz CT molecular complexity index is 650. The van der Waals surface area contributed by atoms with E-state index in [1.807, 2.05) is 6.26 Å². The van der Waals surface area contributed by atoms with Gasteiger partial charge in [-0.2, -0.15) is 0 Å². The van der Waals surface area contributed by atoms with E-state index in [1.54, 1.807) is 30.7 Å². The number of nitrogens with two attached hydrogens (primary N) is 1. The number of rotatable bonds is 2. The van der Waals surface area contributed by atoms with Gasteiger partial charge in [-0.25, -0.2) is 0 Å². The summed E-state index contributed by atoms with van der Waals surface area (Å²) in [4.78, 5) is 7.99. The Labute approximate surface area is 142 Å². The zero-order chi connectivity index (χ0) is 15.8. The molecule has 0 aliphatic carbocycles. The second-order valence-electron chi connectivity index (χ2n) is 3.68. The molecule has 110 valence electrons. The number of hydrogen-bond donors (Lipinski definition) is 2. The zero-order valence-electron chi connectivity index (χ0n) is 11.0. The summed E-state index contributed by atoms with van der Waals surface area (Å²) < 4.78 is 0. The van der Waals surface area contributed by atoms with Crippen LogP contribution in [-0.4, -0.2) is 26.3 Å². The monoisotopic (exact) mass is 358 g/mol. The highest BCUT2D eigenvalue weighted by Crippen LogP contribution is 2.12. The van der Waals surface area contributed by atoms with Gasteiger partial charge in [-0.05, 0) is 18.4 Å². The molecule has 0 atom stereocenters. The van der Waals surface area contributed by atoms with Crippen molar-refractivity contribution in [3.8, 4) is 0 Å². The molecule has 0 aliphatic rings. The molecule has 8 heteroatoms. The van der Waals surface area contributed by atoms with Gasteiger partial charge in [0, 0.05) is 35.9 Å². The number of halogens is 2. The Morgan fingerprint density at radius 3 is 1.95 bits per heavy atom. The second-order valence-corrected chi connectivity index (χ2v) is 5.81. The average Bonchev–Trinajstić information content (AvgIpc) is 2.47.